The molecule has 0 spiro atoms. The number of esters is 1. The molecule has 0 bridgehead atoms. The van der Waals surface area contributed by atoms with Crippen molar-refractivity contribution in [1.29, 1.82) is 0 Å². The van der Waals surface area contributed by atoms with Crippen molar-refractivity contribution >= 4 is 16.9 Å². The summed E-state index contributed by atoms with van der Waals surface area (Å²) >= 11 is 0. The minimum Gasteiger partial charge on any atom is -0.465 e. The van der Waals surface area contributed by atoms with Crippen molar-refractivity contribution in [3.63, 3.8) is 0 Å². The van der Waals surface area contributed by atoms with Crippen LogP contribution in [0.3, 0.4) is 0 Å². The Morgan fingerprint density at radius 2 is 2.09 bits per heavy atom. The quantitative estimate of drug-likeness (QED) is 0.832. The Labute approximate surface area is 137 Å². The van der Waals surface area contributed by atoms with Crippen LogP contribution in [0, 0.1) is 5.92 Å². The molecular weight excluding hydrogens is 288 g/mol. The van der Waals surface area contributed by atoms with Gasteiger partial charge in [-0.2, -0.15) is 0 Å². The molecule has 1 aromatic carbocycles. The lowest BCUT2D eigenvalue weighted by Gasteiger charge is -2.31. The molecule has 0 amide bonds. The maximum absolute atomic E-state index is 11.5. The van der Waals surface area contributed by atoms with Gasteiger partial charge in [0.15, 0.2) is 0 Å². The van der Waals surface area contributed by atoms with Crippen LogP contribution >= 0.6 is 0 Å². The van der Waals surface area contributed by atoms with E-state index in [9.17, 15) is 4.79 Å². The van der Waals surface area contributed by atoms with Crippen molar-refractivity contribution in [2.75, 3.05) is 26.2 Å². The van der Waals surface area contributed by atoms with Gasteiger partial charge in [-0.15, -0.1) is 0 Å². The molecule has 0 aliphatic carbocycles. The second-order valence-corrected chi connectivity index (χ2v) is 6.45. The summed E-state index contributed by atoms with van der Waals surface area (Å²) in [5, 5.41) is 1.30. The number of hydrogen-bond donors (Lipinski definition) is 1. The van der Waals surface area contributed by atoms with Gasteiger partial charge in [0.05, 0.1) is 13.2 Å². The Morgan fingerprint density at radius 3 is 2.83 bits per heavy atom. The maximum atomic E-state index is 11.5. The van der Waals surface area contributed by atoms with Crippen molar-refractivity contribution in [1.82, 2.24) is 9.88 Å². The molecule has 0 saturated carbocycles. The van der Waals surface area contributed by atoms with Crippen molar-refractivity contribution in [2.24, 2.45) is 5.92 Å². The van der Waals surface area contributed by atoms with Gasteiger partial charge in [-0.25, -0.2) is 0 Å². The molecule has 4 nitrogen and oxygen atoms in total. The lowest BCUT2D eigenvalue weighted by Crippen LogP contribution is -2.38. The Bertz CT molecular complexity index is 609. The van der Waals surface area contributed by atoms with Crippen LogP contribution in [0.25, 0.3) is 10.9 Å². The molecule has 0 unspecified atom stereocenters. The number of nitrogens with zero attached hydrogens (tertiary/aromatic N) is 1. The number of piperidine rings is 1. The summed E-state index contributed by atoms with van der Waals surface area (Å²) in [6.07, 6.45) is 4.69. The molecule has 1 aromatic heterocycles. The molecule has 1 aliphatic heterocycles. The number of aromatic amines is 1. The zero-order valence-corrected chi connectivity index (χ0v) is 13.9. The van der Waals surface area contributed by atoms with Gasteiger partial charge in [0.2, 0.25) is 0 Å². The molecular formula is C19H26N2O2. The van der Waals surface area contributed by atoms with E-state index in [1.54, 1.807) is 0 Å². The average Bonchev–Trinajstić information content (AvgIpc) is 2.97. The van der Waals surface area contributed by atoms with Crippen LogP contribution in [0.2, 0.25) is 0 Å². The summed E-state index contributed by atoms with van der Waals surface area (Å²) < 4.78 is 5.02. The van der Waals surface area contributed by atoms with E-state index in [0.717, 1.165) is 25.4 Å². The molecule has 3 rings (SSSR count). The first kappa shape index (κ1) is 16.1. The zero-order valence-electron chi connectivity index (χ0n) is 13.9. The number of hydrogen-bond acceptors (Lipinski definition) is 3. The van der Waals surface area contributed by atoms with Crippen LogP contribution in [0.4, 0.5) is 0 Å². The number of para-hydroxylation sites is 1. The number of rotatable bonds is 6. The molecule has 1 N–H and O–H groups in total. The van der Waals surface area contributed by atoms with Gasteiger partial charge in [0.25, 0.3) is 0 Å². The van der Waals surface area contributed by atoms with Crippen LogP contribution in [-0.4, -0.2) is 42.1 Å². The predicted molar refractivity (Wildman–Crippen MR) is 92.4 cm³/mol. The maximum Gasteiger partial charge on any atom is 0.320 e. The highest BCUT2D eigenvalue weighted by molar-refractivity contribution is 5.80. The molecule has 23 heavy (non-hydrogen) atoms. The first-order valence-corrected chi connectivity index (χ1v) is 8.69. The Hall–Kier alpha value is -1.81. The fraction of sp³-hybridized carbons (Fsp3) is 0.526. The Morgan fingerprint density at radius 1 is 1.30 bits per heavy atom. The van der Waals surface area contributed by atoms with Gasteiger partial charge in [-0.05, 0) is 69.1 Å². The molecule has 124 valence electrons. The summed E-state index contributed by atoms with van der Waals surface area (Å²) in [5.41, 5.74) is 2.56. The highest BCUT2D eigenvalue weighted by Crippen LogP contribution is 2.23. The SMILES string of the molecule is CCOC(=O)CN1CCC(CCc2cc3ccccc3[nH]2)CC1. The normalized spacial score (nSPS) is 16.7. The minimum atomic E-state index is -0.0935. The first-order chi connectivity index (χ1) is 11.2. The number of carbonyl (C=O) groups excluding carboxylic acids is 1. The van der Waals surface area contributed by atoms with Crippen molar-refractivity contribution < 1.29 is 9.53 Å². The number of benzene rings is 1. The lowest BCUT2D eigenvalue weighted by atomic mass is 9.91. The highest BCUT2D eigenvalue weighted by Gasteiger charge is 2.21. The van der Waals surface area contributed by atoms with Crippen LogP contribution in [-0.2, 0) is 16.0 Å². The van der Waals surface area contributed by atoms with Gasteiger partial charge in [-0.1, -0.05) is 18.2 Å². The third-order valence-electron chi connectivity index (χ3n) is 4.77. The van der Waals surface area contributed by atoms with E-state index in [1.807, 2.05) is 6.92 Å². The fourth-order valence-electron chi connectivity index (χ4n) is 3.45. The van der Waals surface area contributed by atoms with Crippen LogP contribution in [0.15, 0.2) is 30.3 Å². The molecule has 1 fully saturated rings. The van der Waals surface area contributed by atoms with Crippen molar-refractivity contribution in [3.8, 4) is 0 Å². The number of H-pyrrole nitrogens is 1. The number of carbonyl (C=O) groups is 1. The van der Waals surface area contributed by atoms with Crippen LogP contribution in [0.1, 0.15) is 31.9 Å². The third-order valence-corrected chi connectivity index (χ3v) is 4.77. The lowest BCUT2D eigenvalue weighted by molar-refractivity contribution is -0.144. The van der Waals surface area contributed by atoms with E-state index in [2.05, 4.69) is 40.2 Å². The fourth-order valence-corrected chi connectivity index (χ4v) is 3.45. The molecule has 1 saturated heterocycles. The smallest absolute Gasteiger partial charge is 0.320 e. The summed E-state index contributed by atoms with van der Waals surface area (Å²) in [7, 11) is 0. The summed E-state index contributed by atoms with van der Waals surface area (Å²) in [4.78, 5) is 17.3. The Balaban J connectivity index is 1.43. The van der Waals surface area contributed by atoms with E-state index in [-0.39, 0.29) is 5.97 Å². The van der Waals surface area contributed by atoms with E-state index in [4.69, 9.17) is 4.74 Å². The van der Waals surface area contributed by atoms with Gasteiger partial charge in [0, 0.05) is 11.2 Å². The van der Waals surface area contributed by atoms with Gasteiger partial charge in [-0.3, -0.25) is 9.69 Å². The van der Waals surface area contributed by atoms with Gasteiger partial charge < -0.3 is 9.72 Å². The van der Waals surface area contributed by atoms with E-state index >= 15 is 0 Å². The number of aryl methyl sites for hydroxylation is 1. The molecule has 0 atom stereocenters. The topological polar surface area (TPSA) is 45.3 Å². The summed E-state index contributed by atoms with van der Waals surface area (Å²) in [6, 6.07) is 10.7. The van der Waals surface area contributed by atoms with E-state index in [1.165, 1.54) is 35.9 Å². The summed E-state index contributed by atoms with van der Waals surface area (Å²) in [5.74, 6) is 0.670. The molecule has 2 aromatic rings. The number of likely N-dealkylation sites (tertiary alicyclic amines) is 1. The highest BCUT2D eigenvalue weighted by atomic mass is 16.5. The van der Waals surface area contributed by atoms with Gasteiger partial charge in [0.1, 0.15) is 0 Å². The van der Waals surface area contributed by atoms with Crippen molar-refractivity contribution in [2.45, 2.75) is 32.6 Å². The predicted octanol–water partition coefficient (Wildman–Crippen LogP) is 3.38. The number of ether oxygens (including phenoxy) is 1. The summed E-state index contributed by atoms with van der Waals surface area (Å²) in [6.45, 7) is 4.79. The standard InChI is InChI=1S/C19H26N2O2/c1-2-23-19(22)14-21-11-9-15(10-12-21)7-8-17-13-16-5-3-4-6-18(16)20-17/h3-6,13,15,20H,2,7-12,14H2,1H3. The monoisotopic (exact) mass is 314 g/mol. The van der Waals surface area contributed by atoms with Gasteiger partial charge >= 0.3 is 5.97 Å². The molecule has 1 aliphatic rings. The zero-order chi connectivity index (χ0) is 16.1. The van der Waals surface area contributed by atoms with Crippen LogP contribution in [0.5, 0.6) is 0 Å². The number of nitrogens with one attached hydrogen (secondary N) is 1. The average molecular weight is 314 g/mol. The van der Waals surface area contributed by atoms with Crippen molar-refractivity contribution in [3.05, 3.63) is 36.0 Å². The molecule has 4 heteroatoms. The minimum absolute atomic E-state index is 0.0935. The second-order valence-electron chi connectivity index (χ2n) is 6.45. The number of fused-ring (bicyclic) bond motifs is 1. The number of aromatic nitrogens is 1. The van der Waals surface area contributed by atoms with E-state index in [0.29, 0.717) is 13.2 Å². The molecule has 0 radical (unpaired) electrons. The van der Waals surface area contributed by atoms with E-state index < -0.39 is 0 Å². The van der Waals surface area contributed by atoms with Crippen LogP contribution < -0.4 is 0 Å². The molecule has 2 heterocycles. The first-order valence-electron chi connectivity index (χ1n) is 8.69. The largest absolute Gasteiger partial charge is 0.465 e. The second kappa shape index (κ2) is 7.64. The Kier molecular flexibility index (Phi) is 5.34. The third kappa shape index (κ3) is 4.35.